The molecule has 0 atom stereocenters. The number of carbonyl (C=O) groups is 1. The number of carbonyl (C=O) groups excluding carboxylic acids is 1. The van der Waals surface area contributed by atoms with Crippen molar-refractivity contribution in [3.63, 3.8) is 0 Å². The van der Waals surface area contributed by atoms with Gasteiger partial charge in [-0.25, -0.2) is 0 Å². The average Bonchev–Trinajstić information content (AvgIpc) is 2.30. The molecular formula is C12H15N3O. The van der Waals surface area contributed by atoms with Gasteiger partial charge >= 0.3 is 0 Å². The molecule has 84 valence electrons. The van der Waals surface area contributed by atoms with E-state index in [9.17, 15) is 4.79 Å². The van der Waals surface area contributed by atoms with Gasteiger partial charge < -0.3 is 10.6 Å². The largest absolute Gasteiger partial charge is 0.326 e. The first-order valence-corrected chi connectivity index (χ1v) is 5.27. The van der Waals surface area contributed by atoms with Crippen LogP contribution < -0.4 is 10.6 Å². The molecule has 1 amide bonds. The quantitative estimate of drug-likeness (QED) is 0.734. The molecule has 1 rings (SSSR count). The van der Waals surface area contributed by atoms with Crippen LogP contribution in [0.2, 0.25) is 0 Å². The van der Waals surface area contributed by atoms with E-state index in [1.54, 1.807) is 24.3 Å². The number of anilines is 1. The van der Waals surface area contributed by atoms with Gasteiger partial charge in [0.1, 0.15) is 0 Å². The molecule has 0 saturated carbocycles. The summed E-state index contributed by atoms with van der Waals surface area (Å²) < 4.78 is 0. The molecule has 0 aromatic heterocycles. The second kappa shape index (κ2) is 6.59. The lowest BCUT2D eigenvalue weighted by molar-refractivity contribution is -0.116. The third-order valence-electron chi connectivity index (χ3n) is 2.08. The average molecular weight is 217 g/mol. The lowest BCUT2D eigenvalue weighted by Crippen LogP contribution is -2.21. The highest BCUT2D eigenvalue weighted by Gasteiger charge is 2.01. The Labute approximate surface area is 95.3 Å². The summed E-state index contributed by atoms with van der Waals surface area (Å²) in [6.07, 6.45) is 0.452. The zero-order valence-corrected chi connectivity index (χ0v) is 9.29. The number of benzene rings is 1. The Bertz CT molecular complexity index is 378. The number of nitrogens with one attached hydrogen (secondary N) is 2. The molecule has 16 heavy (non-hydrogen) atoms. The van der Waals surface area contributed by atoms with Crippen LogP contribution in [-0.4, -0.2) is 19.0 Å². The summed E-state index contributed by atoms with van der Waals surface area (Å²) in [5, 5.41) is 14.5. The van der Waals surface area contributed by atoms with Crippen LogP contribution in [0.15, 0.2) is 24.3 Å². The molecule has 4 heteroatoms. The highest BCUT2D eigenvalue weighted by Crippen LogP contribution is 2.08. The Morgan fingerprint density at radius 2 is 2.06 bits per heavy atom. The van der Waals surface area contributed by atoms with E-state index in [1.165, 1.54) is 0 Å². The van der Waals surface area contributed by atoms with Crippen LogP contribution in [0.4, 0.5) is 5.69 Å². The summed E-state index contributed by atoms with van der Waals surface area (Å²) in [5.74, 6) is -0.0225. The minimum atomic E-state index is -0.0225. The van der Waals surface area contributed by atoms with Gasteiger partial charge in [-0.2, -0.15) is 5.26 Å². The smallest absolute Gasteiger partial charge is 0.225 e. The maximum absolute atomic E-state index is 11.4. The Kier molecular flexibility index (Phi) is 5.03. The number of hydrogen-bond acceptors (Lipinski definition) is 3. The summed E-state index contributed by atoms with van der Waals surface area (Å²) in [5.41, 5.74) is 1.31. The zero-order valence-electron chi connectivity index (χ0n) is 9.29. The third-order valence-corrected chi connectivity index (χ3v) is 2.08. The summed E-state index contributed by atoms with van der Waals surface area (Å²) in [7, 11) is 0. The zero-order chi connectivity index (χ0) is 11.8. The van der Waals surface area contributed by atoms with E-state index in [2.05, 4.69) is 10.6 Å². The van der Waals surface area contributed by atoms with E-state index < -0.39 is 0 Å². The maximum Gasteiger partial charge on any atom is 0.225 e. The predicted molar refractivity (Wildman–Crippen MR) is 62.9 cm³/mol. The lowest BCUT2D eigenvalue weighted by atomic mass is 10.2. The van der Waals surface area contributed by atoms with Gasteiger partial charge in [0.2, 0.25) is 5.91 Å². The normalized spacial score (nSPS) is 9.50. The first kappa shape index (κ1) is 12.2. The van der Waals surface area contributed by atoms with Crippen molar-refractivity contribution in [3.05, 3.63) is 29.8 Å². The van der Waals surface area contributed by atoms with Crippen LogP contribution >= 0.6 is 0 Å². The SMILES string of the molecule is CCNCCC(=O)Nc1ccc(C#N)cc1. The minimum Gasteiger partial charge on any atom is -0.326 e. The summed E-state index contributed by atoms with van der Waals surface area (Å²) >= 11 is 0. The van der Waals surface area contributed by atoms with Crippen LogP contribution in [0.5, 0.6) is 0 Å². The maximum atomic E-state index is 11.4. The molecule has 0 radical (unpaired) electrons. The molecule has 0 aliphatic heterocycles. The molecule has 1 aromatic carbocycles. The third kappa shape index (κ3) is 4.11. The first-order valence-electron chi connectivity index (χ1n) is 5.27. The van der Waals surface area contributed by atoms with E-state index in [1.807, 2.05) is 13.0 Å². The second-order valence-electron chi connectivity index (χ2n) is 3.34. The Morgan fingerprint density at radius 1 is 1.38 bits per heavy atom. The Balaban J connectivity index is 2.41. The van der Waals surface area contributed by atoms with E-state index in [0.717, 1.165) is 12.2 Å². The van der Waals surface area contributed by atoms with E-state index in [4.69, 9.17) is 5.26 Å². The molecule has 0 fully saturated rings. The molecule has 0 aliphatic rings. The van der Waals surface area contributed by atoms with Crippen LogP contribution in [-0.2, 0) is 4.79 Å². The molecule has 0 unspecified atom stereocenters. The minimum absolute atomic E-state index is 0.0225. The topological polar surface area (TPSA) is 64.9 Å². The Hall–Kier alpha value is -1.86. The van der Waals surface area contributed by atoms with Crippen molar-refractivity contribution >= 4 is 11.6 Å². The number of rotatable bonds is 5. The number of hydrogen-bond donors (Lipinski definition) is 2. The molecule has 1 aromatic rings. The fraction of sp³-hybridized carbons (Fsp3) is 0.333. The lowest BCUT2D eigenvalue weighted by Gasteiger charge is -2.05. The van der Waals surface area contributed by atoms with Crippen molar-refractivity contribution in [2.24, 2.45) is 0 Å². The van der Waals surface area contributed by atoms with Gasteiger partial charge in [0.15, 0.2) is 0 Å². The van der Waals surface area contributed by atoms with Crippen LogP contribution in [0.3, 0.4) is 0 Å². The number of amides is 1. The first-order chi connectivity index (χ1) is 7.76. The van der Waals surface area contributed by atoms with Gasteiger partial charge in [-0.1, -0.05) is 6.92 Å². The van der Waals surface area contributed by atoms with Crippen molar-refractivity contribution in [3.8, 4) is 6.07 Å². The molecule has 2 N–H and O–H groups in total. The fourth-order valence-corrected chi connectivity index (χ4v) is 1.23. The predicted octanol–water partition coefficient (Wildman–Crippen LogP) is 1.50. The van der Waals surface area contributed by atoms with Gasteiger partial charge in [0, 0.05) is 18.7 Å². The summed E-state index contributed by atoms with van der Waals surface area (Å²) in [6.45, 7) is 3.54. The van der Waals surface area contributed by atoms with Crippen molar-refractivity contribution in [2.45, 2.75) is 13.3 Å². The number of nitriles is 1. The van der Waals surface area contributed by atoms with Gasteiger partial charge in [0.05, 0.1) is 11.6 Å². The van der Waals surface area contributed by atoms with Gasteiger partial charge in [-0.05, 0) is 30.8 Å². The molecular weight excluding hydrogens is 202 g/mol. The summed E-state index contributed by atoms with van der Waals surface area (Å²) in [4.78, 5) is 11.4. The number of nitrogens with zero attached hydrogens (tertiary/aromatic N) is 1. The molecule has 0 heterocycles. The van der Waals surface area contributed by atoms with Crippen LogP contribution in [0.1, 0.15) is 18.9 Å². The van der Waals surface area contributed by atoms with Crippen molar-refractivity contribution in [2.75, 3.05) is 18.4 Å². The van der Waals surface area contributed by atoms with Crippen molar-refractivity contribution in [1.29, 1.82) is 5.26 Å². The van der Waals surface area contributed by atoms with Crippen LogP contribution in [0.25, 0.3) is 0 Å². The van der Waals surface area contributed by atoms with Crippen molar-refractivity contribution < 1.29 is 4.79 Å². The molecule has 0 bridgehead atoms. The second-order valence-corrected chi connectivity index (χ2v) is 3.34. The molecule has 4 nitrogen and oxygen atoms in total. The van der Waals surface area contributed by atoms with E-state index in [0.29, 0.717) is 18.5 Å². The van der Waals surface area contributed by atoms with Gasteiger partial charge in [0.25, 0.3) is 0 Å². The Morgan fingerprint density at radius 3 is 2.62 bits per heavy atom. The molecule has 0 aliphatic carbocycles. The molecule has 0 saturated heterocycles. The van der Waals surface area contributed by atoms with Crippen molar-refractivity contribution in [1.82, 2.24) is 5.32 Å². The van der Waals surface area contributed by atoms with Gasteiger partial charge in [-0.3, -0.25) is 4.79 Å². The van der Waals surface area contributed by atoms with Gasteiger partial charge in [-0.15, -0.1) is 0 Å². The van der Waals surface area contributed by atoms with E-state index >= 15 is 0 Å². The summed E-state index contributed by atoms with van der Waals surface area (Å²) in [6, 6.07) is 8.84. The van der Waals surface area contributed by atoms with Crippen LogP contribution in [0, 0.1) is 11.3 Å². The fourth-order valence-electron chi connectivity index (χ4n) is 1.23. The standard InChI is InChI=1S/C12H15N3O/c1-2-14-8-7-12(16)15-11-5-3-10(9-13)4-6-11/h3-6,14H,2,7-8H2,1H3,(H,15,16). The monoisotopic (exact) mass is 217 g/mol. The highest BCUT2D eigenvalue weighted by molar-refractivity contribution is 5.90. The highest BCUT2D eigenvalue weighted by atomic mass is 16.1. The van der Waals surface area contributed by atoms with E-state index in [-0.39, 0.29) is 5.91 Å². The molecule has 0 spiro atoms.